The van der Waals surface area contributed by atoms with E-state index in [-0.39, 0.29) is 7.47 Å². The molecule has 3 heteroatoms. The molecule has 0 amide bonds. The molecule has 2 aromatic rings. The monoisotopic (exact) mass is 278 g/mol. The van der Waals surface area contributed by atoms with E-state index in [1.165, 1.54) is 10.6 Å². The molecule has 0 saturated heterocycles. The predicted octanol–water partition coefficient (Wildman–Crippen LogP) is 4.06. The molecule has 0 radical (unpaired) electrons. The van der Waals surface area contributed by atoms with Crippen LogP contribution in [0.4, 0.5) is 0 Å². The van der Waals surface area contributed by atoms with Crippen LogP contribution in [-0.2, 0) is 0 Å². The Morgan fingerprint density at radius 1 is 0.765 bits per heavy atom. The van der Waals surface area contributed by atoms with Crippen molar-refractivity contribution < 1.29 is 0 Å². The van der Waals surface area contributed by atoms with Crippen molar-refractivity contribution in [2.45, 2.75) is 13.1 Å². The smallest absolute Gasteiger partial charge is 0.161 e. The number of rotatable bonds is 3. The molecule has 88 valence electrons. The minimum Gasteiger partial charge on any atom is -0.161 e. The summed E-state index contributed by atoms with van der Waals surface area (Å²) in [6, 6.07) is 21.3. The zero-order valence-corrected chi connectivity index (χ0v) is 12.7. The van der Waals surface area contributed by atoms with Crippen molar-refractivity contribution in [3.63, 3.8) is 0 Å². The maximum absolute atomic E-state index is 6.74. The van der Waals surface area contributed by atoms with Gasteiger partial charge in [-0.1, -0.05) is 73.8 Å². The van der Waals surface area contributed by atoms with Crippen LogP contribution in [0.3, 0.4) is 0 Å². The third-order valence-electron chi connectivity index (χ3n) is 2.56. The third-order valence-corrected chi connectivity index (χ3v) is 11.5. The first-order chi connectivity index (χ1) is 8.09. The molecular weight excluding hydrogens is 263 g/mol. The summed E-state index contributed by atoms with van der Waals surface area (Å²) in [6.07, 6.45) is 0. The largest absolute Gasteiger partial charge is 0.184 e. The van der Waals surface area contributed by atoms with E-state index < -0.39 is 7.05 Å². The van der Waals surface area contributed by atoms with Crippen LogP contribution < -0.4 is 10.6 Å². The Hall–Kier alpha value is -0.623. The molecule has 0 aliphatic carbocycles. The van der Waals surface area contributed by atoms with Gasteiger partial charge in [0, 0.05) is 0 Å². The lowest BCUT2D eigenvalue weighted by molar-refractivity contribution is 1.75. The fourth-order valence-electron chi connectivity index (χ4n) is 1.92. The molecule has 0 N–H and O–H groups in total. The maximum Gasteiger partial charge on any atom is 0.184 e. The average Bonchev–Trinajstić information content (AvgIpc) is 2.30. The normalized spacial score (nSPS) is 11.8. The van der Waals surface area contributed by atoms with Gasteiger partial charge in [0.15, 0.2) is 7.05 Å². The lowest BCUT2D eigenvalue weighted by Crippen LogP contribution is -2.28. The molecule has 0 saturated carbocycles. The number of benzene rings is 2. The Morgan fingerprint density at radius 3 is 1.41 bits per heavy atom. The van der Waals surface area contributed by atoms with Crippen molar-refractivity contribution in [1.82, 2.24) is 0 Å². The summed E-state index contributed by atoms with van der Waals surface area (Å²) in [5.41, 5.74) is 0. The maximum atomic E-state index is 6.74. The second kappa shape index (κ2) is 5.35. The van der Waals surface area contributed by atoms with Crippen molar-refractivity contribution in [3.05, 3.63) is 60.7 Å². The van der Waals surface area contributed by atoms with Gasteiger partial charge in [-0.3, -0.25) is 0 Å². The SMILES string of the molecule is C[Si](C)(Cl)P(c1ccccc1)c1ccccc1. The van der Waals surface area contributed by atoms with Gasteiger partial charge in [0.2, 0.25) is 0 Å². The first kappa shape index (κ1) is 12.8. The Balaban J connectivity index is 2.48. The molecule has 0 heterocycles. The Bertz CT molecular complexity index is 425. The van der Waals surface area contributed by atoms with Crippen molar-refractivity contribution in [1.29, 1.82) is 0 Å². The van der Waals surface area contributed by atoms with Crippen molar-refractivity contribution in [2.24, 2.45) is 0 Å². The van der Waals surface area contributed by atoms with E-state index in [0.29, 0.717) is 0 Å². The van der Waals surface area contributed by atoms with E-state index in [9.17, 15) is 0 Å². The molecule has 0 nitrogen and oxygen atoms in total. The molecule has 17 heavy (non-hydrogen) atoms. The number of halogens is 1. The van der Waals surface area contributed by atoms with E-state index in [1.807, 2.05) is 0 Å². The third kappa shape index (κ3) is 3.19. The summed E-state index contributed by atoms with van der Waals surface area (Å²) in [5, 5.41) is 2.78. The number of hydrogen-bond acceptors (Lipinski definition) is 0. The van der Waals surface area contributed by atoms with Crippen LogP contribution in [0.2, 0.25) is 13.1 Å². The molecule has 0 fully saturated rings. The fraction of sp³-hybridized carbons (Fsp3) is 0.143. The predicted molar refractivity (Wildman–Crippen MR) is 82.4 cm³/mol. The van der Waals surface area contributed by atoms with Gasteiger partial charge < -0.3 is 0 Å². The Morgan fingerprint density at radius 2 is 1.12 bits per heavy atom. The zero-order chi connectivity index (χ0) is 12.3. The van der Waals surface area contributed by atoms with Gasteiger partial charge in [0.1, 0.15) is 0 Å². The van der Waals surface area contributed by atoms with E-state index >= 15 is 0 Å². The topological polar surface area (TPSA) is 0 Å². The van der Waals surface area contributed by atoms with E-state index in [0.717, 1.165) is 0 Å². The minimum atomic E-state index is -1.73. The molecule has 2 aromatic carbocycles. The second-order valence-corrected chi connectivity index (χ2v) is 17.3. The molecular formula is C14H16ClPSi. The van der Waals surface area contributed by atoms with Crippen LogP contribution in [0.5, 0.6) is 0 Å². The summed E-state index contributed by atoms with van der Waals surface area (Å²) in [7, 11) is -2.12. The van der Waals surface area contributed by atoms with Gasteiger partial charge in [0.05, 0.1) is 0 Å². The average molecular weight is 279 g/mol. The highest BCUT2D eigenvalue weighted by Crippen LogP contribution is 2.46. The highest BCUT2D eigenvalue weighted by Gasteiger charge is 2.32. The van der Waals surface area contributed by atoms with Gasteiger partial charge in [0.25, 0.3) is 0 Å². The second-order valence-electron chi connectivity index (χ2n) is 4.42. The Kier molecular flexibility index (Phi) is 4.03. The van der Waals surface area contributed by atoms with Crippen molar-refractivity contribution in [2.75, 3.05) is 0 Å². The Labute approximate surface area is 110 Å². The summed E-state index contributed by atoms with van der Waals surface area (Å²) in [4.78, 5) is 0. The highest BCUT2D eigenvalue weighted by atomic mass is 35.6. The standard InChI is InChI=1S/C14H16ClPSi/c1-17(2,15)16(13-9-5-3-6-10-13)14-11-7-4-8-12-14/h3-12H,1-2H3. The zero-order valence-electron chi connectivity index (χ0n) is 10.1. The van der Waals surface area contributed by atoms with Crippen LogP contribution in [-0.4, -0.2) is 7.05 Å². The quantitative estimate of drug-likeness (QED) is 0.451. The van der Waals surface area contributed by atoms with Crippen LogP contribution in [0, 0.1) is 0 Å². The van der Waals surface area contributed by atoms with E-state index in [1.54, 1.807) is 0 Å². The van der Waals surface area contributed by atoms with E-state index in [2.05, 4.69) is 73.8 Å². The molecule has 0 aliphatic heterocycles. The highest BCUT2D eigenvalue weighted by molar-refractivity contribution is 8.10. The lowest BCUT2D eigenvalue weighted by Gasteiger charge is -2.28. The fourth-order valence-corrected chi connectivity index (χ4v) is 10.7. The summed E-state index contributed by atoms with van der Waals surface area (Å²) in [6.45, 7) is 4.47. The summed E-state index contributed by atoms with van der Waals surface area (Å²) < 4.78 is 0. The molecule has 0 atom stereocenters. The molecule has 0 aromatic heterocycles. The summed E-state index contributed by atoms with van der Waals surface area (Å²) in [5.74, 6) is 0. The van der Waals surface area contributed by atoms with Gasteiger partial charge in [-0.25, -0.2) is 0 Å². The first-order valence-electron chi connectivity index (χ1n) is 5.68. The summed E-state index contributed by atoms with van der Waals surface area (Å²) >= 11 is 6.74. The van der Waals surface area contributed by atoms with E-state index in [4.69, 9.17) is 11.1 Å². The van der Waals surface area contributed by atoms with Gasteiger partial charge >= 0.3 is 0 Å². The van der Waals surface area contributed by atoms with Crippen LogP contribution >= 0.6 is 18.5 Å². The van der Waals surface area contributed by atoms with Crippen LogP contribution in [0.15, 0.2) is 60.7 Å². The van der Waals surface area contributed by atoms with Crippen molar-refractivity contribution >= 4 is 36.2 Å². The van der Waals surface area contributed by atoms with Crippen molar-refractivity contribution in [3.8, 4) is 0 Å². The minimum absolute atomic E-state index is 0.388. The lowest BCUT2D eigenvalue weighted by atomic mass is 10.4. The van der Waals surface area contributed by atoms with Gasteiger partial charge in [-0.2, -0.15) is 11.1 Å². The molecule has 0 unspecified atom stereocenters. The van der Waals surface area contributed by atoms with Crippen LogP contribution in [0.25, 0.3) is 0 Å². The molecule has 2 rings (SSSR count). The molecule has 0 bridgehead atoms. The number of hydrogen-bond donors (Lipinski definition) is 0. The molecule has 0 aliphatic rings. The molecule has 0 spiro atoms. The van der Waals surface area contributed by atoms with Gasteiger partial charge in [-0.15, -0.1) is 0 Å². The first-order valence-corrected chi connectivity index (χ1v) is 11.9. The van der Waals surface area contributed by atoms with Gasteiger partial charge in [-0.05, 0) is 18.1 Å². The van der Waals surface area contributed by atoms with Crippen LogP contribution in [0.1, 0.15) is 0 Å².